The van der Waals surface area contributed by atoms with Crippen LogP contribution in [0.15, 0.2) is 194 Å². The molecule has 0 unspecified atom stereocenters. The Hall–Kier alpha value is -7.82. The molecule has 13 aromatic rings. The highest BCUT2D eigenvalue weighted by Gasteiger charge is 2.24. The number of hydrogen-bond acceptors (Lipinski definition) is 2. The summed E-state index contributed by atoms with van der Waals surface area (Å²) < 4.78 is 5.06. The summed E-state index contributed by atoms with van der Waals surface area (Å²) in [6, 6.07) is 71.4. The molecule has 0 aliphatic rings. The van der Waals surface area contributed by atoms with Crippen molar-refractivity contribution in [3.63, 3.8) is 0 Å². The summed E-state index contributed by atoms with van der Waals surface area (Å²) in [5.41, 5.74) is 16.8. The summed E-state index contributed by atoms with van der Waals surface area (Å²) in [4.78, 5) is 4.79. The van der Waals surface area contributed by atoms with Gasteiger partial charge in [-0.05, 0) is 97.8 Å². The van der Waals surface area contributed by atoms with Crippen LogP contribution in [0.25, 0.3) is 76.2 Å². The zero-order chi connectivity index (χ0) is 39.6. The van der Waals surface area contributed by atoms with E-state index in [-0.39, 0.29) is 0 Å². The van der Waals surface area contributed by atoms with Crippen LogP contribution in [-0.4, -0.2) is 8.80 Å². The minimum atomic E-state index is 1.14. The highest BCUT2D eigenvalue weighted by molar-refractivity contribution is 6.29. The Bertz CT molecular complexity index is 3550. The molecule has 0 N–H and O–H groups in total. The highest BCUT2D eigenvalue weighted by atomic mass is 15.2. The minimum absolute atomic E-state index is 1.14. The van der Waals surface area contributed by atoms with Gasteiger partial charge in [0.15, 0.2) is 0 Å². The summed E-state index contributed by atoms with van der Waals surface area (Å²) in [6.07, 6.45) is 0. The van der Waals surface area contributed by atoms with Gasteiger partial charge in [0, 0.05) is 77.2 Å². The largest absolute Gasteiger partial charge is 0.310 e. The molecule has 13 rings (SSSR count). The Balaban J connectivity index is 1.09. The fourth-order valence-corrected chi connectivity index (χ4v) is 10.3. The molecule has 0 radical (unpaired) electrons. The van der Waals surface area contributed by atoms with E-state index < -0.39 is 0 Å². The molecule has 282 valence electrons. The molecule has 0 saturated heterocycles. The lowest BCUT2D eigenvalue weighted by atomic mass is 10.0. The summed E-state index contributed by atoms with van der Waals surface area (Å²) >= 11 is 0. The number of para-hydroxylation sites is 6. The predicted octanol–water partition coefficient (Wildman–Crippen LogP) is 15.5. The topological polar surface area (TPSA) is 15.3 Å². The van der Waals surface area contributed by atoms with Crippen molar-refractivity contribution in [3.05, 3.63) is 205 Å². The molecular weight excluding hydrogens is 729 g/mol. The van der Waals surface area contributed by atoms with E-state index >= 15 is 0 Å². The number of anilines is 6. The molecule has 0 spiro atoms. The average molecular weight is 767 g/mol. The van der Waals surface area contributed by atoms with Crippen molar-refractivity contribution in [1.82, 2.24) is 8.80 Å². The van der Waals surface area contributed by atoms with Crippen LogP contribution in [0.5, 0.6) is 0 Å². The molecule has 0 fully saturated rings. The average Bonchev–Trinajstić information content (AvgIpc) is 4.01. The van der Waals surface area contributed by atoms with E-state index in [0.29, 0.717) is 0 Å². The molecule has 4 aromatic heterocycles. The quantitative estimate of drug-likeness (QED) is 0.167. The third-order valence-electron chi connectivity index (χ3n) is 13.0. The van der Waals surface area contributed by atoms with Gasteiger partial charge in [-0.15, -0.1) is 0 Å². The number of hydrogen-bond donors (Lipinski definition) is 0. The molecule has 0 aliphatic heterocycles. The fourth-order valence-electron chi connectivity index (χ4n) is 10.3. The van der Waals surface area contributed by atoms with Gasteiger partial charge in [0.25, 0.3) is 0 Å². The first-order valence-corrected chi connectivity index (χ1v) is 20.8. The van der Waals surface area contributed by atoms with E-state index in [2.05, 4.69) is 227 Å². The van der Waals surface area contributed by atoms with E-state index in [0.717, 1.165) is 22.7 Å². The van der Waals surface area contributed by atoms with Gasteiger partial charge in [0.05, 0.1) is 33.1 Å². The van der Waals surface area contributed by atoms with Crippen molar-refractivity contribution in [2.24, 2.45) is 0 Å². The number of fused-ring (bicyclic) bond motifs is 12. The summed E-state index contributed by atoms with van der Waals surface area (Å²) in [6.45, 7) is 4.39. The zero-order valence-electron chi connectivity index (χ0n) is 33.3. The van der Waals surface area contributed by atoms with Crippen LogP contribution >= 0.6 is 0 Å². The molecule has 4 nitrogen and oxygen atoms in total. The molecule has 0 atom stereocenters. The molecule has 0 bridgehead atoms. The SMILES string of the molecule is Cc1ccccc1N(c1ccccc1)c1ccc2c3cccc4c5cc6c(cc5n(c2c1)c34)c1cccc2c3ccc(N(c4ccccc4)c4ccccc4C)cc3n6c21. The van der Waals surface area contributed by atoms with Crippen LogP contribution in [0.2, 0.25) is 0 Å². The lowest BCUT2D eigenvalue weighted by Gasteiger charge is -2.27. The van der Waals surface area contributed by atoms with Crippen LogP contribution in [-0.2, 0) is 0 Å². The lowest BCUT2D eigenvalue weighted by Crippen LogP contribution is -2.11. The van der Waals surface area contributed by atoms with Crippen molar-refractivity contribution >= 4 is 110 Å². The van der Waals surface area contributed by atoms with Crippen molar-refractivity contribution in [2.45, 2.75) is 13.8 Å². The van der Waals surface area contributed by atoms with E-state index in [9.17, 15) is 0 Å². The van der Waals surface area contributed by atoms with Gasteiger partial charge in [-0.25, -0.2) is 0 Å². The van der Waals surface area contributed by atoms with Crippen molar-refractivity contribution < 1.29 is 0 Å². The predicted molar refractivity (Wildman–Crippen MR) is 255 cm³/mol. The van der Waals surface area contributed by atoms with Crippen LogP contribution in [0.4, 0.5) is 34.1 Å². The van der Waals surface area contributed by atoms with Crippen LogP contribution in [0.1, 0.15) is 11.1 Å². The van der Waals surface area contributed by atoms with Gasteiger partial charge in [0.1, 0.15) is 0 Å². The van der Waals surface area contributed by atoms with Gasteiger partial charge >= 0.3 is 0 Å². The maximum absolute atomic E-state index is 2.53. The van der Waals surface area contributed by atoms with Crippen molar-refractivity contribution in [2.75, 3.05) is 9.80 Å². The van der Waals surface area contributed by atoms with Gasteiger partial charge in [-0.2, -0.15) is 0 Å². The second-order valence-corrected chi connectivity index (χ2v) is 16.3. The summed E-state index contributed by atoms with van der Waals surface area (Å²) in [5.74, 6) is 0. The van der Waals surface area contributed by atoms with E-state index in [4.69, 9.17) is 0 Å². The molecule has 9 aromatic carbocycles. The monoisotopic (exact) mass is 766 g/mol. The molecular formula is C56H38N4. The van der Waals surface area contributed by atoms with Gasteiger partial charge in [-0.3, -0.25) is 0 Å². The van der Waals surface area contributed by atoms with E-state index in [1.54, 1.807) is 0 Å². The normalized spacial score (nSPS) is 12.2. The first-order chi connectivity index (χ1) is 29.6. The Kier molecular flexibility index (Phi) is 6.83. The maximum Gasteiger partial charge on any atom is 0.0620 e. The molecule has 0 amide bonds. The molecule has 60 heavy (non-hydrogen) atoms. The number of rotatable bonds is 6. The first kappa shape index (κ1) is 33.2. The van der Waals surface area contributed by atoms with Crippen molar-refractivity contribution in [1.29, 1.82) is 0 Å². The second kappa shape index (κ2) is 12.3. The third-order valence-corrected chi connectivity index (χ3v) is 13.0. The number of aryl methyl sites for hydroxylation is 2. The molecule has 4 heterocycles. The lowest BCUT2D eigenvalue weighted by molar-refractivity contribution is 1.25. The Morgan fingerprint density at radius 1 is 0.283 bits per heavy atom. The van der Waals surface area contributed by atoms with Gasteiger partial charge in [0.2, 0.25) is 0 Å². The van der Waals surface area contributed by atoms with Crippen LogP contribution in [0, 0.1) is 13.8 Å². The summed E-state index contributed by atoms with van der Waals surface area (Å²) in [7, 11) is 0. The Labute approximate surface area is 346 Å². The Morgan fingerprint density at radius 3 is 1.07 bits per heavy atom. The molecule has 0 aliphatic carbocycles. The first-order valence-electron chi connectivity index (χ1n) is 20.8. The number of nitrogens with zero attached hydrogens (tertiary/aromatic N) is 4. The second-order valence-electron chi connectivity index (χ2n) is 16.3. The smallest absolute Gasteiger partial charge is 0.0620 e. The van der Waals surface area contributed by atoms with Crippen LogP contribution in [0.3, 0.4) is 0 Å². The number of benzene rings is 9. The third kappa shape index (κ3) is 4.50. The van der Waals surface area contributed by atoms with Crippen molar-refractivity contribution in [3.8, 4) is 0 Å². The number of aromatic nitrogens is 2. The Morgan fingerprint density at radius 2 is 0.650 bits per heavy atom. The zero-order valence-corrected chi connectivity index (χ0v) is 33.3. The molecule has 0 saturated carbocycles. The maximum atomic E-state index is 2.53. The van der Waals surface area contributed by atoms with E-state index in [1.165, 1.54) is 98.7 Å². The van der Waals surface area contributed by atoms with Gasteiger partial charge < -0.3 is 18.6 Å². The van der Waals surface area contributed by atoms with Gasteiger partial charge in [-0.1, -0.05) is 121 Å². The summed E-state index contributed by atoms with van der Waals surface area (Å²) in [5, 5.41) is 10.2. The van der Waals surface area contributed by atoms with Crippen LogP contribution < -0.4 is 9.80 Å². The minimum Gasteiger partial charge on any atom is -0.310 e. The van der Waals surface area contributed by atoms with E-state index in [1.807, 2.05) is 0 Å². The molecule has 4 heteroatoms. The highest BCUT2D eigenvalue weighted by Crippen LogP contribution is 2.47. The standard InChI is InChI=1S/C56H38N4/c1-35-15-9-11-25-49(35)57(37-17-5-3-6-18-37)39-27-29-41-43-21-13-23-45-47-34-54-48(33-53(47)59(55(43)45)51(41)31-39)46-24-14-22-44-42-30-28-40(32-52(42)60(54)56(44)46)58(38-19-7-4-8-20-38)50-26-12-10-16-36(50)2/h3-34H,1-2H3. The fraction of sp³-hybridized carbons (Fsp3) is 0.0357.